The van der Waals surface area contributed by atoms with E-state index in [0.29, 0.717) is 51.4 Å². The predicted octanol–water partition coefficient (Wildman–Crippen LogP) is 13.0. The molecule has 2 atom stereocenters. The highest BCUT2D eigenvalue weighted by Gasteiger charge is 2.34. The summed E-state index contributed by atoms with van der Waals surface area (Å²) < 4.78 is 36.7. The molecule has 12 heteroatoms. The summed E-state index contributed by atoms with van der Waals surface area (Å²) >= 11 is 1.27. The van der Waals surface area contributed by atoms with Crippen molar-refractivity contribution >= 4 is 28.9 Å². The van der Waals surface area contributed by atoms with Crippen LogP contribution in [0.15, 0.2) is 0 Å². The number of hydrogen-bond acceptors (Lipinski definition) is 11. The van der Waals surface area contributed by atoms with Gasteiger partial charge in [0.25, 0.3) is 5.24 Å². The van der Waals surface area contributed by atoms with Gasteiger partial charge >= 0.3 is 11.9 Å². The summed E-state index contributed by atoms with van der Waals surface area (Å²) in [7, 11) is 4.04. The molecule has 1 heterocycles. The molecule has 1 rings (SSSR count). The minimum absolute atomic E-state index is 0.0898. The molecule has 1 aliphatic rings. The lowest BCUT2D eigenvalue weighted by atomic mass is 10.1. The largest absolute Gasteiger partial charge is 0.460 e. The number of thioether (sulfide) groups is 1. The number of unbranched alkanes of at least 4 members (excludes halogenated alkanes) is 20. The molecule has 1 aliphatic heterocycles. The Morgan fingerprint density at radius 2 is 0.841 bits per heavy atom. The first-order valence-electron chi connectivity index (χ1n) is 26.1. The molecule has 0 bridgehead atoms. The lowest BCUT2D eigenvalue weighted by Gasteiger charge is -2.36. The summed E-state index contributed by atoms with van der Waals surface area (Å²) in [6.07, 6.45) is 28.4. The van der Waals surface area contributed by atoms with Gasteiger partial charge in [-0.05, 0) is 52.7 Å². The number of carbonyl (C=O) groups excluding carboxylic acids is 3. The zero-order chi connectivity index (χ0) is 46.0. The first-order valence-corrected chi connectivity index (χ1v) is 27.1. The Balaban J connectivity index is 2.85. The molecule has 63 heavy (non-hydrogen) atoms. The molecule has 0 N–H and O–H groups in total. The number of nitrogens with zero attached hydrogens (tertiary/aromatic N) is 2. The molecule has 0 spiro atoms. The SMILES string of the molecule is CCCCCCCCOC(CCC(=O)OC1CC(OC(=O)CCC(OCCCCCCCC)OCCCCCCCC)CN(C(=O)SCCCN(C)C)C1)OCCCCCCCC. The van der Waals surface area contributed by atoms with Crippen LogP contribution >= 0.6 is 11.8 Å². The summed E-state index contributed by atoms with van der Waals surface area (Å²) in [5.41, 5.74) is 0. The molecule has 1 saturated heterocycles. The van der Waals surface area contributed by atoms with Crippen LogP contribution in [0.1, 0.15) is 220 Å². The Labute approximate surface area is 391 Å². The van der Waals surface area contributed by atoms with Gasteiger partial charge in [0, 0.05) is 51.4 Å². The van der Waals surface area contributed by atoms with Crippen molar-refractivity contribution in [2.24, 2.45) is 0 Å². The summed E-state index contributed by atoms with van der Waals surface area (Å²) in [6, 6.07) is 0. The van der Waals surface area contributed by atoms with Crippen molar-refractivity contribution < 1.29 is 42.8 Å². The second-order valence-corrected chi connectivity index (χ2v) is 19.2. The van der Waals surface area contributed by atoms with Crippen molar-refractivity contribution in [2.75, 3.05) is 65.9 Å². The van der Waals surface area contributed by atoms with Gasteiger partial charge < -0.3 is 38.2 Å². The van der Waals surface area contributed by atoms with Crippen molar-refractivity contribution in [3.63, 3.8) is 0 Å². The van der Waals surface area contributed by atoms with E-state index in [4.69, 9.17) is 28.4 Å². The van der Waals surface area contributed by atoms with Crippen LogP contribution in [0.4, 0.5) is 4.79 Å². The Bertz CT molecular complexity index is 968. The molecule has 1 amide bonds. The number of ether oxygens (including phenoxy) is 6. The van der Waals surface area contributed by atoms with E-state index in [-0.39, 0.29) is 43.1 Å². The number of piperidine rings is 1. The third-order valence-electron chi connectivity index (χ3n) is 11.6. The highest BCUT2D eigenvalue weighted by molar-refractivity contribution is 8.13. The maximum absolute atomic E-state index is 13.5. The van der Waals surface area contributed by atoms with Gasteiger partial charge in [-0.15, -0.1) is 0 Å². The molecule has 0 saturated carbocycles. The average molecular weight is 915 g/mol. The normalized spacial score (nSPS) is 15.5. The van der Waals surface area contributed by atoms with E-state index in [1.807, 2.05) is 14.1 Å². The molecule has 372 valence electrons. The zero-order valence-corrected chi connectivity index (χ0v) is 42.5. The first kappa shape index (κ1) is 59.6. The van der Waals surface area contributed by atoms with Crippen molar-refractivity contribution in [3.8, 4) is 0 Å². The van der Waals surface area contributed by atoms with Crippen LogP contribution in [0.2, 0.25) is 0 Å². The number of likely N-dealkylation sites (tertiary alicyclic amines) is 1. The summed E-state index contributed by atoms with van der Waals surface area (Å²) in [5.74, 6) is -0.0374. The summed E-state index contributed by atoms with van der Waals surface area (Å²) in [5, 5.41) is -0.0898. The van der Waals surface area contributed by atoms with Crippen LogP contribution in [-0.2, 0) is 38.0 Å². The molecular weight excluding hydrogens is 817 g/mol. The van der Waals surface area contributed by atoms with E-state index >= 15 is 0 Å². The van der Waals surface area contributed by atoms with Crippen molar-refractivity contribution in [2.45, 2.75) is 245 Å². The van der Waals surface area contributed by atoms with E-state index < -0.39 is 24.8 Å². The second-order valence-electron chi connectivity index (χ2n) is 18.1. The monoisotopic (exact) mass is 915 g/mol. The van der Waals surface area contributed by atoms with Crippen LogP contribution in [0.5, 0.6) is 0 Å². The predicted molar refractivity (Wildman–Crippen MR) is 260 cm³/mol. The molecule has 0 aliphatic carbocycles. The van der Waals surface area contributed by atoms with Crippen LogP contribution in [0, 0.1) is 0 Å². The first-order chi connectivity index (χ1) is 30.7. The fourth-order valence-corrected chi connectivity index (χ4v) is 8.52. The summed E-state index contributed by atoms with van der Waals surface area (Å²) in [4.78, 5) is 44.0. The number of amides is 1. The van der Waals surface area contributed by atoms with Gasteiger partial charge in [0.1, 0.15) is 12.2 Å². The lowest BCUT2D eigenvalue weighted by molar-refractivity contribution is -0.170. The smallest absolute Gasteiger partial charge is 0.306 e. The van der Waals surface area contributed by atoms with Crippen molar-refractivity contribution in [1.82, 2.24) is 9.80 Å². The maximum atomic E-state index is 13.5. The van der Waals surface area contributed by atoms with Gasteiger partial charge in [0.2, 0.25) is 0 Å². The van der Waals surface area contributed by atoms with Crippen LogP contribution in [-0.4, -0.2) is 118 Å². The molecule has 11 nitrogen and oxygen atoms in total. The van der Waals surface area contributed by atoms with E-state index in [9.17, 15) is 14.4 Å². The molecule has 0 aromatic heterocycles. The molecule has 2 unspecified atom stereocenters. The Kier molecular flexibility index (Phi) is 40.8. The molecule has 1 fully saturated rings. The van der Waals surface area contributed by atoms with Gasteiger partial charge in [-0.2, -0.15) is 0 Å². The molecule has 0 aromatic rings. The minimum atomic E-state index is -0.587. The maximum Gasteiger partial charge on any atom is 0.306 e. The van der Waals surface area contributed by atoms with Gasteiger partial charge in [0.15, 0.2) is 12.6 Å². The van der Waals surface area contributed by atoms with Gasteiger partial charge in [-0.1, -0.05) is 168 Å². The number of carbonyl (C=O) groups is 3. The van der Waals surface area contributed by atoms with Crippen LogP contribution in [0.25, 0.3) is 0 Å². The van der Waals surface area contributed by atoms with Crippen LogP contribution < -0.4 is 0 Å². The average Bonchev–Trinajstić information content (AvgIpc) is 3.26. The van der Waals surface area contributed by atoms with Gasteiger partial charge in [-0.25, -0.2) is 0 Å². The summed E-state index contributed by atoms with van der Waals surface area (Å²) in [6.45, 7) is 12.8. The number of rotatable bonds is 44. The number of esters is 2. The minimum Gasteiger partial charge on any atom is -0.460 e. The van der Waals surface area contributed by atoms with Gasteiger partial charge in [-0.3, -0.25) is 14.4 Å². The Hall–Kier alpha value is -1.44. The third-order valence-corrected chi connectivity index (χ3v) is 12.6. The topological polar surface area (TPSA) is 113 Å². The van der Waals surface area contributed by atoms with Crippen molar-refractivity contribution in [3.05, 3.63) is 0 Å². The Morgan fingerprint density at radius 1 is 0.508 bits per heavy atom. The Morgan fingerprint density at radius 3 is 1.17 bits per heavy atom. The zero-order valence-electron chi connectivity index (χ0n) is 41.7. The fraction of sp³-hybridized carbons (Fsp3) is 0.941. The van der Waals surface area contributed by atoms with E-state index in [1.54, 1.807) is 4.90 Å². The lowest BCUT2D eigenvalue weighted by Crippen LogP contribution is -2.50. The van der Waals surface area contributed by atoms with Gasteiger partial charge in [0.05, 0.1) is 25.9 Å². The molecular formula is C51H98N2O9S. The molecule has 0 radical (unpaired) electrons. The standard InChI is InChI=1S/C51H98N2O9S/c1-7-11-15-19-23-27-37-57-49(58-38-28-24-20-16-12-8-2)34-32-47(54)61-45-42-46(44-53(43-45)51(56)63-41-31-36-52(5)6)62-48(55)33-35-50(59-39-29-25-21-17-13-9-3)60-40-30-26-22-18-14-10-4/h45-46,49-50H,7-44H2,1-6H3. The third kappa shape index (κ3) is 36.4. The highest BCUT2D eigenvalue weighted by Crippen LogP contribution is 2.23. The highest BCUT2D eigenvalue weighted by atomic mass is 32.2. The van der Waals surface area contributed by atoms with Crippen molar-refractivity contribution in [1.29, 1.82) is 0 Å². The fourth-order valence-electron chi connectivity index (χ4n) is 7.74. The number of hydrogen-bond donors (Lipinski definition) is 0. The van der Waals surface area contributed by atoms with Crippen LogP contribution in [0.3, 0.4) is 0 Å². The van der Waals surface area contributed by atoms with E-state index in [1.165, 1.54) is 114 Å². The van der Waals surface area contributed by atoms with E-state index in [0.717, 1.165) is 64.3 Å². The molecule has 0 aromatic carbocycles. The second kappa shape index (κ2) is 43.1. The quantitative estimate of drug-likeness (QED) is 0.0331. The van der Waals surface area contributed by atoms with E-state index in [2.05, 4.69) is 32.6 Å².